The van der Waals surface area contributed by atoms with E-state index in [1.54, 1.807) is 18.2 Å². The van der Waals surface area contributed by atoms with Gasteiger partial charge in [-0.15, -0.1) is 0 Å². The molecule has 1 aliphatic rings. The number of nitrogens with zero attached hydrogens (tertiary/aromatic N) is 2. The third-order valence-corrected chi connectivity index (χ3v) is 5.67. The number of rotatable bonds is 4. The lowest BCUT2D eigenvalue weighted by molar-refractivity contribution is 0.628. The van der Waals surface area contributed by atoms with Crippen molar-refractivity contribution >= 4 is 34.2 Å². The van der Waals surface area contributed by atoms with Crippen LogP contribution in [0, 0.1) is 17.1 Å². The van der Waals surface area contributed by atoms with Crippen molar-refractivity contribution in [1.29, 1.82) is 5.41 Å². The highest BCUT2D eigenvalue weighted by Crippen LogP contribution is 2.31. The number of pyridine rings is 1. The molecule has 1 aliphatic heterocycles. The molecule has 158 valence electrons. The molecule has 1 unspecified atom stereocenters. The second-order valence-electron chi connectivity index (χ2n) is 8.05. The highest BCUT2D eigenvalue weighted by atomic mass is 19.1. The Bertz CT molecular complexity index is 1400. The quantitative estimate of drug-likeness (QED) is 0.361. The lowest BCUT2D eigenvalue weighted by Gasteiger charge is -2.12. The van der Waals surface area contributed by atoms with E-state index in [0.717, 1.165) is 34.1 Å². The molecule has 0 fully saturated rings. The SMILES string of the molecule is CC1C=NC(c2ccc(N)c(C(=N)c3cc4c(-c5ccc(F)cc5)cccc4[nH]3)n2)=CC1. The molecule has 0 saturated carbocycles. The number of anilines is 1. The van der Waals surface area contributed by atoms with Crippen LogP contribution >= 0.6 is 0 Å². The Morgan fingerprint density at radius 2 is 1.94 bits per heavy atom. The van der Waals surface area contributed by atoms with Gasteiger partial charge in [0, 0.05) is 17.1 Å². The number of hydrogen-bond donors (Lipinski definition) is 3. The van der Waals surface area contributed by atoms with Crippen molar-refractivity contribution in [3.8, 4) is 11.1 Å². The first-order valence-corrected chi connectivity index (χ1v) is 10.5. The van der Waals surface area contributed by atoms with E-state index in [9.17, 15) is 4.39 Å². The van der Waals surface area contributed by atoms with Crippen LogP contribution < -0.4 is 5.73 Å². The van der Waals surface area contributed by atoms with Crippen molar-refractivity contribution in [3.63, 3.8) is 0 Å². The molecule has 0 bridgehead atoms. The Kier molecular flexibility index (Phi) is 4.90. The first kappa shape index (κ1) is 19.9. The van der Waals surface area contributed by atoms with Gasteiger partial charge in [0.1, 0.15) is 17.2 Å². The normalized spacial score (nSPS) is 15.7. The summed E-state index contributed by atoms with van der Waals surface area (Å²) in [6.07, 6.45) is 4.90. The van der Waals surface area contributed by atoms with Gasteiger partial charge in [-0.25, -0.2) is 9.37 Å². The second-order valence-corrected chi connectivity index (χ2v) is 8.05. The summed E-state index contributed by atoms with van der Waals surface area (Å²) in [5.74, 6) is 0.137. The van der Waals surface area contributed by atoms with Gasteiger partial charge in [0.05, 0.1) is 22.8 Å². The summed E-state index contributed by atoms with van der Waals surface area (Å²) in [5.41, 5.74) is 12.1. The maximum Gasteiger partial charge on any atom is 0.123 e. The third kappa shape index (κ3) is 3.60. The zero-order valence-corrected chi connectivity index (χ0v) is 17.6. The predicted molar refractivity (Wildman–Crippen MR) is 129 cm³/mol. The van der Waals surface area contributed by atoms with Crippen molar-refractivity contribution < 1.29 is 4.39 Å². The number of aliphatic imine (C=N–C) groups is 1. The number of nitrogens with one attached hydrogen (secondary N) is 2. The molecule has 6 heteroatoms. The molecule has 5 rings (SSSR count). The van der Waals surface area contributed by atoms with E-state index < -0.39 is 0 Å². The number of H-pyrrole nitrogens is 1. The molecule has 0 spiro atoms. The Hall–Kier alpha value is -4.06. The molecular weight excluding hydrogens is 401 g/mol. The molecule has 0 radical (unpaired) electrons. The minimum absolute atomic E-state index is 0.208. The molecule has 5 nitrogen and oxygen atoms in total. The Labute approximate surface area is 185 Å². The van der Waals surface area contributed by atoms with E-state index >= 15 is 0 Å². The summed E-state index contributed by atoms with van der Waals surface area (Å²) >= 11 is 0. The number of nitrogens with two attached hydrogens (primary N) is 1. The summed E-state index contributed by atoms with van der Waals surface area (Å²) in [7, 11) is 0. The first-order valence-electron chi connectivity index (χ1n) is 10.5. The lowest BCUT2D eigenvalue weighted by Crippen LogP contribution is -2.10. The number of nitrogen functional groups attached to an aromatic ring is 1. The fraction of sp³-hybridized carbons (Fsp3) is 0.115. The van der Waals surface area contributed by atoms with Gasteiger partial charge in [-0.3, -0.25) is 10.4 Å². The largest absolute Gasteiger partial charge is 0.397 e. The van der Waals surface area contributed by atoms with E-state index in [0.29, 0.717) is 28.7 Å². The minimum atomic E-state index is -0.272. The van der Waals surface area contributed by atoms with Crippen LogP contribution in [0.4, 0.5) is 10.1 Å². The summed E-state index contributed by atoms with van der Waals surface area (Å²) in [4.78, 5) is 12.5. The van der Waals surface area contributed by atoms with Crippen LogP contribution in [-0.4, -0.2) is 21.9 Å². The third-order valence-electron chi connectivity index (χ3n) is 5.67. The molecule has 4 aromatic rings. The average Bonchev–Trinajstić information content (AvgIpc) is 3.25. The number of allylic oxidation sites excluding steroid dienone is 1. The minimum Gasteiger partial charge on any atom is -0.397 e. The molecule has 0 aliphatic carbocycles. The standard InChI is InChI=1S/C26H22FN5/c1-15-5-11-22(30-14-15)23-12-10-20(28)26(32-23)25(29)24-13-19-18(3-2-4-21(19)31-24)16-6-8-17(27)9-7-16/h2-4,6-15,29,31H,5,28H2,1H3. The predicted octanol–water partition coefficient (Wildman–Crippen LogP) is 5.82. The maximum atomic E-state index is 13.4. The topological polar surface area (TPSA) is 90.9 Å². The molecule has 0 amide bonds. The molecule has 1 atom stereocenters. The van der Waals surface area contributed by atoms with Crippen LogP contribution in [0.15, 0.2) is 71.7 Å². The number of benzene rings is 2. The summed E-state index contributed by atoms with van der Waals surface area (Å²) < 4.78 is 13.4. The molecule has 4 N–H and O–H groups in total. The second kappa shape index (κ2) is 7.89. The van der Waals surface area contributed by atoms with Gasteiger partial charge < -0.3 is 10.7 Å². The summed E-state index contributed by atoms with van der Waals surface area (Å²) in [6, 6.07) is 17.8. The molecule has 2 aromatic heterocycles. The Morgan fingerprint density at radius 3 is 2.69 bits per heavy atom. The van der Waals surface area contributed by atoms with Gasteiger partial charge >= 0.3 is 0 Å². The van der Waals surface area contributed by atoms with Crippen LogP contribution in [0.2, 0.25) is 0 Å². The Morgan fingerprint density at radius 1 is 1.12 bits per heavy atom. The van der Waals surface area contributed by atoms with Crippen LogP contribution in [0.5, 0.6) is 0 Å². The van der Waals surface area contributed by atoms with E-state index in [2.05, 4.69) is 28.0 Å². The molecular formula is C26H22FN5. The van der Waals surface area contributed by atoms with Crippen molar-refractivity contribution in [3.05, 3.63) is 89.6 Å². The first-order chi connectivity index (χ1) is 15.5. The number of aromatic amines is 1. The van der Waals surface area contributed by atoms with E-state index in [1.165, 1.54) is 12.1 Å². The van der Waals surface area contributed by atoms with E-state index in [-0.39, 0.29) is 11.5 Å². The van der Waals surface area contributed by atoms with Crippen LogP contribution in [0.1, 0.15) is 30.4 Å². The fourth-order valence-corrected chi connectivity index (χ4v) is 3.90. The van der Waals surface area contributed by atoms with Crippen molar-refractivity contribution in [2.45, 2.75) is 13.3 Å². The van der Waals surface area contributed by atoms with Gasteiger partial charge in [-0.05, 0) is 59.9 Å². The van der Waals surface area contributed by atoms with Gasteiger partial charge in [0.2, 0.25) is 0 Å². The van der Waals surface area contributed by atoms with Crippen LogP contribution in [0.3, 0.4) is 0 Å². The Balaban J connectivity index is 1.54. The summed E-state index contributed by atoms with van der Waals surface area (Å²) in [5, 5.41) is 9.76. The summed E-state index contributed by atoms with van der Waals surface area (Å²) in [6.45, 7) is 2.12. The molecule has 3 heterocycles. The molecule has 0 saturated heterocycles. The van der Waals surface area contributed by atoms with Crippen molar-refractivity contribution in [2.75, 3.05) is 5.73 Å². The fourth-order valence-electron chi connectivity index (χ4n) is 3.90. The van der Waals surface area contributed by atoms with E-state index in [1.807, 2.05) is 36.5 Å². The molecule has 2 aromatic carbocycles. The van der Waals surface area contributed by atoms with Gasteiger partial charge in [-0.1, -0.05) is 37.3 Å². The zero-order valence-electron chi connectivity index (χ0n) is 17.6. The van der Waals surface area contributed by atoms with Crippen LogP contribution in [0.25, 0.3) is 27.7 Å². The number of aromatic nitrogens is 2. The van der Waals surface area contributed by atoms with Gasteiger partial charge in [0.15, 0.2) is 0 Å². The number of hydrogen-bond acceptors (Lipinski definition) is 4. The van der Waals surface area contributed by atoms with E-state index in [4.69, 9.17) is 11.1 Å². The highest BCUT2D eigenvalue weighted by Gasteiger charge is 2.17. The van der Waals surface area contributed by atoms with Gasteiger partial charge in [-0.2, -0.15) is 0 Å². The maximum absolute atomic E-state index is 13.4. The number of fused-ring (bicyclic) bond motifs is 1. The molecule has 32 heavy (non-hydrogen) atoms. The van der Waals surface area contributed by atoms with Crippen molar-refractivity contribution in [2.24, 2.45) is 10.9 Å². The highest BCUT2D eigenvalue weighted by molar-refractivity contribution is 6.14. The smallest absolute Gasteiger partial charge is 0.123 e. The monoisotopic (exact) mass is 423 g/mol. The van der Waals surface area contributed by atoms with Crippen molar-refractivity contribution in [1.82, 2.24) is 9.97 Å². The van der Waals surface area contributed by atoms with Gasteiger partial charge in [0.25, 0.3) is 0 Å². The average molecular weight is 423 g/mol. The zero-order chi connectivity index (χ0) is 22.2. The lowest BCUT2D eigenvalue weighted by atomic mass is 10.0. The van der Waals surface area contributed by atoms with Crippen LogP contribution in [-0.2, 0) is 0 Å². The number of halogens is 1.